The molecular formula is C15H24N2. The summed E-state index contributed by atoms with van der Waals surface area (Å²) in [7, 11) is 0. The largest absolute Gasteiger partial charge is 0.370 e. The average Bonchev–Trinajstić information content (AvgIpc) is 2.23. The molecule has 1 saturated heterocycles. The van der Waals surface area contributed by atoms with Gasteiger partial charge in [0.15, 0.2) is 0 Å². The lowest BCUT2D eigenvalue weighted by molar-refractivity contribution is 0.337. The van der Waals surface area contributed by atoms with E-state index in [1.807, 2.05) is 6.20 Å². The molecule has 0 unspecified atom stereocenters. The number of anilines is 1. The van der Waals surface area contributed by atoms with Gasteiger partial charge in [0.2, 0.25) is 0 Å². The molecule has 2 heterocycles. The Hall–Kier alpha value is -1.05. The van der Waals surface area contributed by atoms with Gasteiger partial charge >= 0.3 is 0 Å². The van der Waals surface area contributed by atoms with Crippen molar-refractivity contribution in [3.05, 3.63) is 24.0 Å². The summed E-state index contributed by atoms with van der Waals surface area (Å²) in [5.74, 6) is 2.23. The number of hydrogen-bond donors (Lipinski definition) is 0. The van der Waals surface area contributed by atoms with Gasteiger partial charge in [-0.1, -0.05) is 27.7 Å². The van der Waals surface area contributed by atoms with Crippen LogP contribution < -0.4 is 4.90 Å². The van der Waals surface area contributed by atoms with E-state index in [0.717, 1.165) is 11.8 Å². The Bertz CT molecular complexity index is 348. The first-order valence-corrected chi connectivity index (χ1v) is 6.77. The summed E-state index contributed by atoms with van der Waals surface area (Å²) in [6.07, 6.45) is 3.38. The summed E-state index contributed by atoms with van der Waals surface area (Å²) in [6, 6.07) is 4.38. The van der Waals surface area contributed by atoms with Crippen molar-refractivity contribution < 1.29 is 0 Å². The Morgan fingerprint density at radius 1 is 1.24 bits per heavy atom. The maximum absolute atomic E-state index is 4.53. The van der Waals surface area contributed by atoms with Crippen LogP contribution in [0.15, 0.2) is 18.3 Å². The van der Waals surface area contributed by atoms with Gasteiger partial charge in [0.05, 0.1) is 11.9 Å². The second kappa shape index (κ2) is 5.07. The smallest absolute Gasteiger partial charge is 0.0553 e. The van der Waals surface area contributed by atoms with Crippen LogP contribution in [0.4, 0.5) is 5.69 Å². The normalized spacial score (nSPS) is 16.7. The Labute approximate surface area is 105 Å². The summed E-state index contributed by atoms with van der Waals surface area (Å²) < 4.78 is 0. The molecule has 2 rings (SSSR count). The summed E-state index contributed by atoms with van der Waals surface area (Å²) in [6.45, 7) is 11.4. The highest BCUT2D eigenvalue weighted by Crippen LogP contribution is 2.28. The fourth-order valence-corrected chi connectivity index (χ4v) is 2.52. The summed E-state index contributed by atoms with van der Waals surface area (Å²) in [5.41, 5.74) is 2.47. The van der Waals surface area contributed by atoms with Crippen LogP contribution in [-0.2, 0) is 0 Å². The van der Waals surface area contributed by atoms with E-state index in [2.05, 4.69) is 49.7 Å². The molecule has 0 spiro atoms. The lowest BCUT2D eigenvalue weighted by Crippen LogP contribution is -2.47. The molecule has 0 amide bonds. The van der Waals surface area contributed by atoms with E-state index < -0.39 is 0 Å². The van der Waals surface area contributed by atoms with Crippen molar-refractivity contribution in [2.24, 2.45) is 11.8 Å². The quantitative estimate of drug-likeness (QED) is 0.787. The minimum Gasteiger partial charge on any atom is -0.370 e. The molecule has 2 heteroatoms. The summed E-state index contributed by atoms with van der Waals surface area (Å²) in [4.78, 5) is 6.96. The second-order valence-electron chi connectivity index (χ2n) is 6.00. The number of aromatic nitrogens is 1. The Balaban J connectivity index is 1.88. The topological polar surface area (TPSA) is 16.1 Å². The molecule has 0 saturated carbocycles. The third kappa shape index (κ3) is 2.99. The van der Waals surface area contributed by atoms with E-state index in [9.17, 15) is 0 Å². The molecular weight excluding hydrogens is 208 g/mol. The van der Waals surface area contributed by atoms with Crippen LogP contribution in [-0.4, -0.2) is 18.1 Å². The molecule has 0 bridgehead atoms. The SMILES string of the molecule is CC(C)CC1CN(c2ccc(C(C)C)nc2)C1. The van der Waals surface area contributed by atoms with Crippen molar-refractivity contribution in [3.8, 4) is 0 Å². The van der Waals surface area contributed by atoms with Crippen LogP contribution in [0, 0.1) is 11.8 Å². The minimum atomic E-state index is 0.522. The number of hydrogen-bond acceptors (Lipinski definition) is 2. The van der Waals surface area contributed by atoms with Crippen molar-refractivity contribution in [3.63, 3.8) is 0 Å². The summed E-state index contributed by atoms with van der Waals surface area (Å²) >= 11 is 0. The lowest BCUT2D eigenvalue weighted by Gasteiger charge is -2.41. The van der Waals surface area contributed by atoms with Crippen molar-refractivity contribution in [1.82, 2.24) is 4.98 Å². The van der Waals surface area contributed by atoms with Crippen molar-refractivity contribution >= 4 is 5.69 Å². The first kappa shape index (κ1) is 12.4. The molecule has 1 aromatic heterocycles. The number of pyridine rings is 1. The van der Waals surface area contributed by atoms with E-state index in [-0.39, 0.29) is 0 Å². The first-order chi connectivity index (χ1) is 8.06. The van der Waals surface area contributed by atoms with Gasteiger partial charge in [-0.2, -0.15) is 0 Å². The van der Waals surface area contributed by atoms with Gasteiger partial charge in [0.1, 0.15) is 0 Å². The Morgan fingerprint density at radius 3 is 2.41 bits per heavy atom. The Kier molecular flexibility index (Phi) is 3.70. The van der Waals surface area contributed by atoms with E-state index in [0.29, 0.717) is 5.92 Å². The van der Waals surface area contributed by atoms with Crippen LogP contribution in [0.5, 0.6) is 0 Å². The van der Waals surface area contributed by atoms with E-state index in [1.54, 1.807) is 0 Å². The van der Waals surface area contributed by atoms with E-state index >= 15 is 0 Å². The Morgan fingerprint density at radius 2 is 1.94 bits per heavy atom. The number of rotatable bonds is 4. The molecule has 0 radical (unpaired) electrons. The van der Waals surface area contributed by atoms with Gasteiger partial charge in [-0.15, -0.1) is 0 Å². The van der Waals surface area contributed by atoms with Crippen LogP contribution >= 0.6 is 0 Å². The maximum atomic E-state index is 4.53. The highest BCUT2D eigenvalue weighted by atomic mass is 15.2. The van der Waals surface area contributed by atoms with Gasteiger partial charge in [-0.3, -0.25) is 4.98 Å². The fraction of sp³-hybridized carbons (Fsp3) is 0.667. The highest BCUT2D eigenvalue weighted by Gasteiger charge is 2.27. The van der Waals surface area contributed by atoms with Gasteiger partial charge in [0, 0.05) is 18.8 Å². The monoisotopic (exact) mass is 232 g/mol. The van der Waals surface area contributed by atoms with Crippen molar-refractivity contribution in [2.75, 3.05) is 18.0 Å². The lowest BCUT2D eigenvalue weighted by atomic mass is 9.90. The third-order valence-corrected chi connectivity index (χ3v) is 3.49. The molecule has 0 aromatic carbocycles. The molecule has 94 valence electrons. The number of nitrogens with zero attached hydrogens (tertiary/aromatic N) is 2. The zero-order valence-corrected chi connectivity index (χ0v) is 11.5. The molecule has 2 nitrogen and oxygen atoms in total. The molecule has 0 atom stereocenters. The zero-order valence-electron chi connectivity index (χ0n) is 11.5. The third-order valence-electron chi connectivity index (χ3n) is 3.49. The standard InChI is InChI=1S/C15H24N2/c1-11(2)7-13-9-17(10-13)14-5-6-15(12(3)4)16-8-14/h5-6,8,11-13H,7,9-10H2,1-4H3. The van der Waals surface area contributed by atoms with Crippen LogP contribution in [0.1, 0.15) is 45.7 Å². The predicted octanol–water partition coefficient (Wildman–Crippen LogP) is 3.69. The molecule has 1 fully saturated rings. The average molecular weight is 232 g/mol. The van der Waals surface area contributed by atoms with Crippen LogP contribution in [0.25, 0.3) is 0 Å². The maximum Gasteiger partial charge on any atom is 0.0553 e. The van der Waals surface area contributed by atoms with Gasteiger partial charge in [-0.05, 0) is 36.3 Å². The zero-order chi connectivity index (χ0) is 12.4. The van der Waals surface area contributed by atoms with Gasteiger partial charge in [-0.25, -0.2) is 0 Å². The molecule has 1 aromatic rings. The minimum absolute atomic E-state index is 0.522. The molecule has 1 aliphatic heterocycles. The van der Waals surface area contributed by atoms with E-state index in [4.69, 9.17) is 0 Å². The van der Waals surface area contributed by atoms with Crippen LogP contribution in [0.3, 0.4) is 0 Å². The van der Waals surface area contributed by atoms with Crippen molar-refractivity contribution in [1.29, 1.82) is 0 Å². The highest BCUT2D eigenvalue weighted by molar-refractivity contribution is 5.47. The molecule has 0 N–H and O–H groups in total. The fourth-order valence-electron chi connectivity index (χ4n) is 2.52. The molecule has 0 aliphatic carbocycles. The molecule has 1 aliphatic rings. The first-order valence-electron chi connectivity index (χ1n) is 6.77. The van der Waals surface area contributed by atoms with Gasteiger partial charge < -0.3 is 4.90 Å². The van der Waals surface area contributed by atoms with Crippen molar-refractivity contribution in [2.45, 2.75) is 40.0 Å². The second-order valence-corrected chi connectivity index (χ2v) is 6.00. The molecule has 17 heavy (non-hydrogen) atoms. The summed E-state index contributed by atoms with van der Waals surface area (Å²) in [5, 5.41) is 0. The van der Waals surface area contributed by atoms with Gasteiger partial charge in [0.25, 0.3) is 0 Å². The predicted molar refractivity (Wildman–Crippen MR) is 73.5 cm³/mol. The van der Waals surface area contributed by atoms with Crippen LogP contribution in [0.2, 0.25) is 0 Å². The van der Waals surface area contributed by atoms with E-state index in [1.165, 1.54) is 30.9 Å².